The minimum Gasteiger partial charge on any atom is -0.456 e. The molecule has 9 aromatic rings. The number of hydrogen-bond acceptors (Lipinski definition) is 2. The van der Waals surface area contributed by atoms with Gasteiger partial charge in [-0.25, -0.2) is 0 Å². The molecule has 2 heteroatoms. The van der Waals surface area contributed by atoms with Crippen LogP contribution in [0.1, 0.15) is 49.9 Å². The zero-order valence-corrected chi connectivity index (χ0v) is 32.1. The van der Waals surface area contributed by atoms with E-state index in [-0.39, 0.29) is 10.8 Å². The maximum atomic E-state index is 6.57. The fraction of sp³-hybridized carbons (Fsp3) is 0.111. The molecular formula is C54H41NO. The molecular weight excluding hydrogens is 679 g/mol. The van der Waals surface area contributed by atoms with Crippen LogP contribution in [0.4, 0.5) is 17.1 Å². The van der Waals surface area contributed by atoms with Gasteiger partial charge in [0.25, 0.3) is 0 Å². The van der Waals surface area contributed by atoms with Crippen LogP contribution in [-0.4, -0.2) is 0 Å². The van der Waals surface area contributed by atoms with Crippen molar-refractivity contribution < 1.29 is 4.42 Å². The van der Waals surface area contributed by atoms with Gasteiger partial charge in [0, 0.05) is 27.5 Å². The summed E-state index contributed by atoms with van der Waals surface area (Å²) >= 11 is 0. The first-order chi connectivity index (χ1) is 27.3. The van der Waals surface area contributed by atoms with Crippen LogP contribution in [0.5, 0.6) is 0 Å². The Kier molecular flexibility index (Phi) is 6.98. The standard InChI is InChI=1S/C54H41NO/c1-53(2)43-25-12-9-20-39(43)50-41(23-14-26-44(50)53)51-36(34-17-6-5-7-18-34)22-15-27-46(51)55(47-28-16-30-49-52(47)40-21-10-13-29-48(40)56-49)35-31-32-38-37-19-8-11-24-42(37)54(3,4)45(38)33-35/h5-33H,1-4H3. The van der Waals surface area contributed by atoms with E-state index >= 15 is 0 Å². The highest BCUT2D eigenvalue weighted by Crippen LogP contribution is 2.57. The van der Waals surface area contributed by atoms with Crippen molar-refractivity contribution in [1.29, 1.82) is 0 Å². The number of anilines is 3. The molecule has 0 unspecified atom stereocenters. The molecule has 0 atom stereocenters. The maximum Gasteiger partial charge on any atom is 0.137 e. The molecule has 2 aliphatic rings. The second-order valence-electron chi connectivity index (χ2n) is 16.4. The smallest absolute Gasteiger partial charge is 0.137 e. The van der Waals surface area contributed by atoms with Crippen molar-refractivity contribution in [2.45, 2.75) is 38.5 Å². The highest BCUT2D eigenvalue weighted by Gasteiger charge is 2.39. The third-order valence-corrected chi connectivity index (χ3v) is 12.7. The van der Waals surface area contributed by atoms with E-state index in [0.29, 0.717) is 0 Å². The Bertz CT molecular complexity index is 3030. The lowest BCUT2D eigenvalue weighted by Gasteiger charge is -2.32. The monoisotopic (exact) mass is 719 g/mol. The molecule has 0 amide bonds. The van der Waals surface area contributed by atoms with Gasteiger partial charge >= 0.3 is 0 Å². The van der Waals surface area contributed by atoms with Crippen molar-refractivity contribution in [2.75, 3.05) is 4.90 Å². The van der Waals surface area contributed by atoms with E-state index in [1.165, 1.54) is 66.8 Å². The number of fused-ring (bicyclic) bond motifs is 9. The summed E-state index contributed by atoms with van der Waals surface area (Å²) in [5, 5.41) is 2.21. The van der Waals surface area contributed by atoms with E-state index in [4.69, 9.17) is 4.42 Å². The van der Waals surface area contributed by atoms with Crippen LogP contribution >= 0.6 is 0 Å². The fourth-order valence-corrected chi connectivity index (χ4v) is 10.0. The first-order valence-electron chi connectivity index (χ1n) is 19.7. The summed E-state index contributed by atoms with van der Waals surface area (Å²) in [6.07, 6.45) is 0. The lowest BCUT2D eigenvalue weighted by molar-refractivity contribution is 0.660. The lowest BCUT2D eigenvalue weighted by Crippen LogP contribution is -2.17. The van der Waals surface area contributed by atoms with Gasteiger partial charge in [-0.1, -0.05) is 167 Å². The molecule has 0 bridgehead atoms. The summed E-state index contributed by atoms with van der Waals surface area (Å²) in [5.41, 5.74) is 20.3. The SMILES string of the molecule is CC1(C)c2ccccc2-c2ccc(N(c3cccc(-c4ccccc4)c3-c3cccc4c3-c3ccccc3C4(C)C)c3cccc4oc5ccccc5c34)cc21. The Labute approximate surface area is 328 Å². The van der Waals surface area contributed by atoms with E-state index in [0.717, 1.165) is 39.0 Å². The highest BCUT2D eigenvalue weighted by molar-refractivity contribution is 6.15. The van der Waals surface area contributed by atoms with Crippen molar-refractivity contribution in [2.24, 2.45) is 0 Å². The molecule has 8 aromatic carbocycles. The molecule has 0 saturated heterocycles. The van der Waals surface area contributed by atoms with Crippen LogP contribution in [0, 0.1) is 0 Å². The summed E-state index contributed by atoms with van der Waals surface area (Å²) in [6.45, 7) is 9.47. The quantitative estimate of drug-likeness (QED) is 0.176. The van der Waals surface area contributed by atoms with E-state index in [1.807, 2.05) is 0 Å². The second-order valence-corrected chi connectivity index (χ2v) is 16.4. The Balaban J connectivity index is 1.27. The van der Waals surface area contributed by atoms with E-state index in [2.05, 4.69) is 209 Å². The molecule has 268 valence electrons. The van der Waals surface area contributed by atoms with Gasteiger partial charge in [0.15, 0.2) is 0 Å². The Morgan fingerprint density at radius 2 is 0.964 bits per heavy atom. The Hall–Kier alpha value is -6.64. The van der Waals surface area contributed by atoms with Gasteiger partial charge in [-0.15, -0.1) is 0 Å². The molecule has 0 spiro atoms. The average molecular weight is 720 g/mol. The van der Waals surface area contributed by atoms with Gasteiger partial charge in [-0.05, 0) is 97.6 Å². The van der Waals surface area contributed by atoms with Gasteiger partial charge in [0.1, 0.15) is 11.2 Å². The van der Waals surface area contributed by atoms with Crippen LogP contribution in [-0.2, 0) is 10.8 Å². The van der Waals surface area contributed by atoms with Crippen LogP contribution in [0.15, 0.2) is 180 Å². The van der Waals surface area contributed by atoms with Crippen molar-refractivity contribution >= 4 is 39.0 Å². The second kappa shape index (κ2) is 11.9. The van der Waals surface area contributed by atoms with E-state index in [1.54, 1.807) is 0 Å². The molecule has 0 aliphatic heterocycles. The molecule has 0 saturated carbocycles. The van der Waals surface area contributed by atoms with Crippen molar-refractivity contribution in [1.82, 2.24) is 0 Å². The molecule has 56 heavy (non-hydrogen) atoms. The normalized spacial score (nSPS) is 14.4. The minimum atomic E-state index is -0.161. The molecule has 11 rings (SSSR count). The number of furan rings is 1. The first-order valence-corrected chi connectivity index (χ1v) is 19.7. The maximum absolute atomic E-state index is 6.57. The third-order valence-electron chi connectivity index (χ3n) is 12.7. The predicted octanol–water partition coefficient (Wildman–Crippen LogP) is 15.0. The molecule has 0 fully saturated rings. The average Bonchev–Trinajstić information content (AvgIpc) is 3.81. The molecule has 2 nitrogen and oxygen atoms in total. The zero-order chi connectivity index (χ0) is 37.8. The van der Waals surface area contributed by atoms with Gasteiger partial charge in [0.05, 0.1) is 16.8 Å². The van der Waals surface area contributed by atoms with Crippen molar-refractivity contribution in [3.05, 3.63) is 198 Å². The summed E-state index contributed by atoms with van der Waals surface area (Å²) < 4.78 is 6.57. The lowest BCUT2D eigenvalue weighted by atomic mass is 9.81. The first kappa shape index (κ1) is 32.8. The van der Waals surface area contributed by atoms with Crippen LogP contribution < -0.4 is 4.90 Å². The molecule has 2 aliphatic carbocycles. The molecule has 1 heterocycles. The molecule has 0 N–H and O–H groups in total. The zero-order valence-electron chi connectivity index (χ0n) is 32.1. The van der Waals surface area contributed by atoms with E-state index in [9.17, 15) is 0 Å². The van der Waals surface area contributed by atoms with Gasteiger partial charge in [-0.2, -0.15) is 0 Å². The number of hydrogen-bond donors (Lipinski definition) is 0. The summed E-state index contributed by atoms with van der Waals surface area (Å²) in [7, 11) is 0. The van der Waals surface area contributed by atoms with Crippen LogP contribution in [0.2, 0.25) is 0 Å². The Morgan fingerprint density at radius 3 is 1.80 bits per heavy atom. The molecule has 0 radical (unpaired) electrons. The number of benzene rings is 8. The molecule has 1 aromatic heterocycles. The van der Waals surface area contributed by atoms with Gasteiger partial charge < -0.3 is 9.32 Å². The van der Waals surface area contributed by atoms with Crippen molar-refractivity contribution in [3.63, 3.8) is 0 Å². The van der Waals surface area contributed by atoms with Crippen molar-refractivity contribution in [3.8, 4) is 44.5 Å². The third kappa shape index (κ3) is 4.56. The number of nitrogens with zero attached hydrogens (tertiary/aromatic N) is 1. The summed E-state index contributed by atoms with van der Waals surface area (Å²) in [4.78, 5) is 2.51. The Morgan fingerprint density at radius 1 is 0.393 bits per heavy atom. The van der Waals surface area contributed by atoms with Crippen LogP contribution in [0.3, 0.4) is 0 Å². The minimum absolute atomic E-state index is 0.134. The van der Waals surface area contributed by atoms with Crippen LogP contribution in [0.25, 0.3) is 66.4 Å². The fourth-order valence-electron chi connectivity index (χ4n) is 10.0. The van der Waals surface area contributed by atoms with Gasteiger partial charge in [-0.3, -0.25) is 0 Å². The van der Waals surface area contributed by atoms with E-state index < -0.39 is 0 Å². The number of para-hydroxylation sites is 1. The topological polar surface area (TPSA) is 16.4 Å². The van der Waals surface area contributed by atoms with Gasteiger partial charge in [0.2, 0.25) is 0 Å². The number of rotatable bonds is 5. The highest BCUT2D eigenvalue weighted by atomic mass is 16.3. The summed E-state index contributed by atoms with van der Waals surface area (Å²) in [5.74, 6) is 0. The summed E-state index contributed by atoms with van der Waals surface area (Å²) in [6, 6.07) is 64.6. The largest absolute Gasteiger partial charge is 0.456 e. The predicted molar refractivity (Wildman–Crippen MR) is 234 cm³/mol.